The van der Waals surface area contributed by atoms with Gasteiger partial charge in [-0.15, -0.1) is 0 Å². The van der Waals surface area contributed by atoms with Gasteiger partial charge in [0.15, 0.2) is 5.88 Å². The van der Waals surface area contributed by atoms with Crippen LogP contribution in [0.5, 0.6) is 5.88 Å². The molecular formula is C18H14N2O5. The molecule has 7 nitrogen and oxygen atoms in total. The van der Waals surface area contributed by atoms with Gasteiger partial charge < -0.3 is 19.9 Å². The molecule has 0 aliphatic heterocycles. The van der Waals surface area contributed by atoms with Crippen LogP contribution in [0.15, 0.2) is 47.5 Å². The van der Waals surface area contributed by atoms with E-state index in [4.69, 9.17) is 5.11 Å². The van der Waals surface area contributed by atoms with Crippen molar-refractivity contribution in [3.05, 3.63) is 59.2 Å². The number of aromatic hydroxyl groups is 1. The van der Waals surface area contributed by atoms with Crippen LogP contribution in [0, 0.1) is 0 Å². The van der Waals surface area contributed by atoms with Crippen LogP contribution in [-0.4, -0.2) is 40.5 Å². The summed E-state index contributed by atoms with van der Waals surface area (Å²) in [4.78, 5) is 29.4. The second-order valence-corrected chi connectivity index (χ2v) is 5.25. The first-order valence-electron chi connectivity index (χ1n) is 7.30. The van der Waals surface area contributed by atoms with Gasteiger partial charge in [-0.05, 0) is 36.4 Å². The minimum absolute atomic E-state index is 0.0806. The monoisotopic (exact) mass is 338 g/mol. The first kappa shape index (κ1) is 16.3. The molecule has 0 aliphatic rings. The normalized spacial score (nSPS) is 11.1. The number of carbonyl (C=O) groups is 2. The van der Waals surface area contributed by atoms with Crippen molar-refractivity contribution >= 4 is 34.7 Å². The maximum absolute atomic E-state index is 11.6. The van der Waals surface area contributed by atoms with Crippen LogP contribution in [0.2, 0.25) is 0 Å². The van der Waals surface area contributed by atoms with Gasteiger partial charge >= 0.3 is 11.9 Å². The number of carboxylic acid groups (broad SMARTS) is 1. The summed E-state index contributed by atoms with van der Waals surface area (Å²) in [5.74, 6) is -1.56. The van der Waals surface area contributed by atoms with E-state index in [0.717, 1.165) is 0 Å². The second kappa shape index (κ2) is 6.48. The average molecular weight is 338 g/mol. The smallest absolute Gasteiger partial charge is 0.337 e. The molecule has 0 amide bonds. The van der Waals surface area contributed by atoms with Gasteiger partial charge in [0.05, 0.1) is 29.5 Å². The van der Waals surface area contributed by atoms with Gasteiger partial charge in [-0.25, -0.2) is 9.59 Å². The largest absolute Gasteiger partial charge is 0.494 e. The summed E-state index contributed by atoms with van der Waals surface area (Å²) in [7, 11) is 1.30. The van der Waals surface area contributed by atoms with Gasteiger partial charge in [0, 0.05) is 17.1 Å². The van der Waals surface area contributed by atoms with Crippen molar-refractivity contribution in [2.24, 2.45) is 4.99 Å². The van der Waals surface area contributed by atoms with E-state index in [1.807, 2.05) is 0 Å². The third-order valence-corrected chi connectivity index (χ3v) is 3.70. The van der Waals surface area contributed by atoms with Gasteiger partial charge in [-0.3, -0.25) is 4.99 Å². The second-order valence-electron chi connectivity index (χ2n) is 5.25. The maximum atomic E-state index is 11.6. The van der Waals surface area contributed by atoms with Crippen LogP contribution >= 0.6 is 0 Å². The molecule has 126 valence electrons. The maximum Gasteiger partial charge on any atom is 0.337 e. The van der Waals surface area contributed by atoms with Crippen LogP contribution in [0.3, 0.4) is 0 Å². The lowest BCUT2D eigenvalue weighted by Gasteiger charge is -1.99. The number of nitrogens with one attached hydrogen (secondary N) is 1. The zero-order valence-corrected chi connectivity index (χ0v) is 13.2. The van der Waals surface area contributed by atoms with Crippen molar-refractivity contribution in [3.63, 3.8) is 0 Å². The first-order valence-corrected chi connectivity index (χ1v) is 7.30. The highest BCUT2D eigenvalue weighted by atomic mass is 16.5. The molecular weight excluding hydrogens is 324 g/mol. The number of ether oxygens (including phenoxy) is 1. The average Bonchev–Trinajstić information content (AvgIpc) is 2.93. The minimum Gasteiger partial charge on any atom is -0.494 e. The van der Waals surface area contributed by atoms with Gasteiger partial charge in [0.2, 0.25) is 0 Å². The molecule has 0 saturated carbocycles. The molecule has 7 heteroatoms. The van der Waals surface area contributed by atoms with Gasteiger partial charge in [-0.2, -0.15) is 0 Å². The van der Waals surface area contributed by atoms with Crippen molar-refractivity contribution in [1.29, 1.82) is 0 Å². The number of esters is 1. The van der Waals surface area contributed by atoms with Crippen molar-refractivity contribution in [2.75, 3.05) is 7.11 Å². The Morgan fingerprint density at radius 1 is 1.12 bits per heavy atom. The standard InChI is InChI=1S/C18H14N2O5/c1-25-18(24)11-4-7-13-14(16(21)20-15(13)8-11)9-19-12-5-2-10(3-6-12)17(22)23/h2-9,20-21H,1H3,(H,22,23). The summed E-state index contributed by atoms with van der Waals surface area (Å²) in [6.45, 7) is 0. The number of fused-ring (bicyclic) bond motifs is 1. The predicted molar refractivity (Wildman–Crippen MR) is 92.0 cm³/mol. The third kappa shape index (κ3) is 3.20. The molecule has 0 bridgehead atoms. The van der Waals surface area contributed by atoms with E-state index in [-0.39, 0.29) is 11.4 Å². The van der Waals surface area contributed by atoms with E-state index in [2.05, 4.69) is 14.7 Å². The Morgan fingerprint density at radius 3 is 2.44 bits per heavy atom. The van der Waals surface area contributed by atoms with Crippen LogP contribution in [0.4, 0.5) is 5.69 Å². The number of carbonyl (C=O) groups excluding carboxylic acids is 1. The van der Waals surface area contributed by atoms with Gasteiger partial charge in [-0.1, -0.05) is 6.07 Å². The molecule has 0 atom stereocenters. The lowest BCUT2D eigenvalue weighted by molar-refractivity contribution is 0.0600. The third-order valence-electron chi connectivity index (χ3n) is 3.70. The molecule has 1 aromatic heterocycles. The molecule has 3 aromatic rings. The van der Waals surface area contributed by atoms with E-state index in [9.17, 15) is 14.7 Å². The van der Waals surface area contributed by atoms with E-state index >= 15 is 0 Å². The number of aromatic amines is 1. The Morgan fingerprint density at radius 2 is 1.80 bits per heavy atom. The predicted octanol–water partition coefficient (Wildman–Crippen LogP) is 3.11. The number of carboxylic acids is 1. The van der Waals surface area contributed by atoms with Crippen molar-refractivity contribution in [1.82, 2.24) is 4.98 Å². The molecule has 0 saturated heterocycles. The number of methoxy groups -OCH3 is 1. The molecule has 1 heterocycles. The Balaban J connectivity index is 1.94. The summed E-state index contributed by atoms with van der Waals surface area (Å²) in [6, 6.07) is 10.9. The fourth-order valence-corrected chi connectivity index (χ4v) is 2.41. The zero-order valence-electron chi connectivity index (χ0n) is 13.2. The number of aliphatic imine (C=N–C) groups is 1. The molecule has 0 fully saturated rings. The Labute approximate surface area is 142 Å². The van der Waals surface area contributed by atoms with Crippen molar-refractivity contribution in [3.8, 4) is 5.88 Å². The molecule has 0 spiro atoms. The van der Waals surface area contributed by atoms with Crippen LogP contribution in [0.1, 0.15) is 26.3 Å². The van der Waals surface area contributed by atoms with Gasteiger partial charge in [0.1, 0.15) is 0 Å². The number of rotatable bonds is 4. The number of H-pyrrole nitrogens is 1. The Kier molecular flexibility index (Phi) is 4.21. The summed E-state index contributed by atoms with van der Waals surface area (Å²) >= 11 is 0. The fourth-order valence-electron chi connectivity index (χ4n) is 2.41. The van der Waals surface area contributed by atoms with E-state index in [0.29, 0.717) is 27.7 Å². The van der Waals surface area contributed by atoms with Crippen molar-refractivity contribution in [2.45, 2.75) is 0 Å². The number of aromatic carboxylic acids is 1. The molecule has 25 heavy (non-hydrogen) atoms. The van der Waals surface area contributed by atoms with Crippen LogP contribution in [-0.2, 0) is 4.74 Å². The molecule has 2 aromatic carbocycles. The zero-order chi connectivity index (χ0) is 18.0. The SMILES string of the molecule is COC(=O)c1ccc2c(C=Nc3ccc(C(=O)O)cc3)c(O)[nH]c2c1. The van der Waals surface area contributed by atoms with Crippen molar-refractivity contribution < 1.29 is 24.5 Å². The van der Waals surface area contributed by atoms with Crippen LogP contribution in [0.25, 0.3) is 10.9 Å². The summed E-state index contributed by atoms with van der Waals surface area (Å²) < 4.78 is 4.67. The highest BCUT2D eigenvalue weighted by Crippen LogP contribution is 2.27. The molecule has 0 unspecified atom stereocenters. The Hall–Kier alpha value is -3.61. The lowest BCUT2D eigenvalue weighted by atomic mass is 10.1. The molecule has 0 radical (unpaired) electrons. The highest BCUT2D eigenvalue weighted by Gasteiger charge is 2.12. The quantitative estimate of drug-likeness (QED) is 0.500. The highest BCUT2D eigenvalue weighted by molar-refractivity contribution is 6.04. The number of hydrogen-bond acceptors (Lipinski definition) is 5. The fraction of sp³-hybridized carbons (Fsp3) is 0.0556. The molecule has 0 aliphatic carbocycles. The van der Waals surface area contributed by atoms with Crippen LogP contribution < -0.4 is 0 Å². The summed E-state index contributed by atoms with van der Waals surface area (Å²) in [6.07, 6.45) is 1.47. The number of hydrogen-bond donors (Lipinski definition) is 3. The molecule has 3 rings (SSSR count). The number of nitrogens with zero attached hydrogens (tertiary/aromatic N) is 1. The van der Waals surface area contributed by atoms with E-state index in [1.165, 1.54) is 25.5 Å². The first-order chi connectivity index (χ1) is 12.0. The topological polar surface area (TPSA) is 112 Å². The van der Waals surface area contributed by atoms with E-state index in [1.54, 1.807) is 30.3 Å². The molecule has 3 N–H and O–H groups in total. The minimum atomic E-state index is -1.01. The summed E-state index contributed by atoms with van der Waals surface area (Å²) in [5.41, 5.74) is 2.12. The number of aromatic nitrogens is 1. The van der Waals surface area contributed by atoms with E-state index < -0.39 is 11.9 Å². The lowest BCUT2D eigenvalue weighted by Crippen LogP contribution is -2.00. The number of benzene rings is 2. The summed E-state index contributed by atoms with van der Waals surface area (Å²) in [5, 5.41) is 19.6. The van der Waals surface area contributed by atoms with Gasteiger partial charge in [0.25, 0.3) is 0 Å². The Bertz CT molecular complexity index is 987.